The van der Waals surface area contributed by atoms with E-state index in [9.17, 15) is 45.4 Å². The Bertz CT molecular complexity index is 1670. The zero-order valence-electron chi connectivity index (χ0n) is 22.7. The van der Waals surface area contributed by atoms with Gasteiger partial charge in [0.1, 0.15) is 22.8 Å². The molecule has 2 aliphatic rings. The van der Waals surface area contributed by atoms with Crippen molar-refractivity contribution >= 4 is 29.1 Å². The molecule has 232 valence electrons. The lowest BCUT2D eigenvalue weighted by Gasteiger charge is -2.46. The minimum atomic E-state index is -4.84. The van der Waals surface area contributed by atoms with Crippen molar-refractivity contribution < 1.29 is 45.4 Å². The van der Waals surface area contributed by atoms with Gasteiger partial charge < -0.3 is 10.4 Å². The van der Waals surface area contributed by atoms with E-state index in [1.165, 1.54) is 23.2 Å². The lowest BCUT2D eigenvalue weighted by atomic mass is 9.90. The maximum atomic E-state index is 14.8. The number of benzene rings is 2. The highest BCUT2D eigenvalue weighted by atomic mass is 35.5. The Morgan fingerprint density at radius 2 is 1.82 bits per heavy atom. The highest BCUT2D eigenvalue weighted by Gasteiger charge is 2.52. The number of fused-ring (bicyclic) bond motifs is 1. The number of pyridine rings is 1. The molecule has 1 fully saturated rings. The quantitative estimate of drug-likeness (QED) is 0.228. The smallest absolute Gasteiger partial charge is 0.433 e. The maximum Gasteiger partial charge on any atom is 0.433 e. The van der Waals surface area contributed by atoms with Crippen LogP contribution in [0.5, 0.6) is 0 Å². The van der Waals surface area contributed by atoms with E-state index >= 15 is 0 Å². The summed E-state index contributed by atoms with van der Waals surface area (Å²) in [5, 5.41) is 16.0. The number of halogens is 8. The van der Waals surface area contributed by atoms with Gasteiger partial charge in [-0.3, -0.25) is 19.6 Å². The minimum absolute atomic E-state index is 0.0288. The van der Waals surface area contributed by atoms with E-state index in [1.54, 1.807) is 6.92 Å². The summed E-state index contributed by atoms with van der Waals surface area (Å²) in [6, 6.07) is 7.78. The number of nitrogens with zero attached hydrogens (tertiary/aromatic N) is 3. The van der Waals surface area contributed by atoms with Crippen LogP contribution in [0.2, 0.25) is 5.02 Å². The Labute approximate surface area is 250 Å². The molecule has 0 saturated carbocycles. The number of aromatic nitrogens is 1. The van der Waals surface area contributed by atoms with Gasteiger partial charge in [-0.1, -0.05) is 29.8 Å². The molecule has 44 heavy (non-hydrogen) atoms. The Kier molecular flexibility index (Phi) is 7.87. The normalized spacial score (nSPS) is 19.4. The molecule has 3 aromatic rings. The van der Waals surface area contributed by atoms with E-state index < -0.39 is 58.1 Å². The molecule has 1 aromatic heterocycles. The Balaban J connectivity index is 1.54. The van der Waals surface area contributed by atoms with Gasteiger partial charge in [-0.25, -0.2) is 9.40 Å². The first kappa shape index (κ1) is 31.3. The molecule has 2 aromatic carbocycles. The van der Waals surface area contributed by atoms with Crippen LogP contribution in [0.4, 0.5) is 36.4 Å². The van der Waals surface area contributed by atoms with Crippen LogP contribution in [0.15, 0.2) is 66.1 Å². The number of carbonyl (C=O) groups excluding carboxylic acids is 2. The van der Waals surface area contributed by atoms with Crippen molar-refractivity contribution in [2.45, 2.75) is 44.2 Å². The molecular formula is C29H22ClF7N4O3. The predicted molar refractivity (Wildman–Crippen MR) is 144 cm³/mol. The second-order valence-electron chi connectivity index (χ2n) is 10.4. The fraction of sp³-hybridized carbons (Fsp3) is 0.276. The van der Waals surface area contributed by atoms with Crippen molar-refractivity contribution in [2.75, 3.05) is 11.9 Å². The third kappa shape index (κ3) is 5.59. The van der Waals surface area contributed by atoms with Gasteiger partial charge in [0.15, 0.2) is 0 Å². The molecular weight excluding hydrogens is 621 g/mol. The largest absolute Gasteiger partial charge is 0.509 e. The van der Waals surface area contributed by atoms with Gasteiger partial charge in [0.2, 0.25) is 0 Å². The SMILES string of the molecule is C[C@]12CCCN1N(Cc1cccc(Cl)c1F)C(=O)C(C(=O)Nc1ccc(C(F)(F)F)cc1-c1ccc(C(F)(F)F)nc1)=C2O. The topological polar surface area (TPSA) is 85.8 Å². The van der Waals surface area contributed by atoms with Crippen LogP contribution in [-0.2, 0) is 28.5 Å². The number of nitrogens with one attached hydrogen (secondary N) is 1. The van der Waals surface area contributed by atoms with E-state index in [0.717, 1.165) is 17.1 Å². The second kappa shape index (κ2) is 11.1. The van der Waals surface area contributed by atoms with Crippen LogP contribution in [-0.4, -0.2) is 44.0 Å². The lowest BCUT2D eigenvalue weighted by Crippen LogP contribution is -2.60. The molecule has 2 aliphatic heterocycles. The van der Waals surface area contributed by atoms with Crippen molar-refractivity contribution in [1.82, 2.24) is 15.0 Å². The van der Waals surface area contributed by atoms with Crippen LogP contribution in [0.1, 0.15) is 36.6 Å². The Morgan fingerprint density at radius 1 is 1.09 bits per heavy atom. The Morgan fingerprint density at radius 3 is 2.45 bits per heavy atom. The number of rotatable bonds is 5. The number of carbonyl (C=O) groups is 2. The predicted octanol–water partition coefficient (Wildman–Crippen LogP) is 7.14. The lowest BCUT2D eigenvalue weighted by molar-refractivity contribution is -0.160. The fourth-order valence-electron chi connectivity index (χ4n) is 5.35. The van der Waals surface area contributed by atoms with Gasteiger partial charge in [-0.05, 0) is 50.1 Å². The highest BCUT2D eigenvalue weighted by molar-refractivity contribution is 6.30. The number of aliphatic hydroxyl groups excluding tert-OH is 1. The number of alkyl halides is 6. The van der Waals surface area contributed by atoms with Crippen LogP contribution in [0.3, 0.4) is 0 Å². The van der Waals surface area contributed by atoms with Crippen molar-refractivity contribution in [3.05, 3.63) is 93.7 Å². The summed E-state index contributed by atoms with van der Waals surface area (Å²) in [6.07, 6.45) is -8.14. The molecule has 15 heteroatoms. The molecule has 1 atom stereocenters. The molecule has 2 amide bonds. The third-order valence-electron chi connectivity index (χ3n) is 7.63. The number of anilines is 1. The number of hydrogen-bond acceptors (Lipinski definition) is 5. The van der Waals surface area contributed by atoms with Gasteiger partial charge in [0, 0.05) is 35.1 Å². The molecule has 0 radical (unpaired) electrons. The number of hydrogen-bond donors (Lipinski definition) is 2. The first-order valence-corrected chi connectivity index (χ1v) is 13.4. The molecule has 0 unspecified atom stereocenters. The minimum Gasteiger partial charge on any atom is -0.509 e. The molecule has 0 spiro atoms. The zero-order chi connectivity index (χ0) is 32.2. The summed E-state index contributed by atoms with van der Waals surface area (Å²) in [5.74, 6) is -3.58. The van der Waals surface area contributed by atoms with E-state index in [-0.39, 0.29) is 40.5 Å². The number of amides is 2. The van der Waals surface area contributed by atoms with Crippen LogP contribution in [0, 0.1) is 5.82 Å². The standard InChI is InChI=1S/C29H22ClF7N4O3/c1-27-10-3-11-41(27)40(14-16-4-2-5-19(30)23(16)31)26(44)22(24(27)42)25(43)39-20-8-7-17(28(32,33)34)12-18(20)15-6-9-21(38-13-15)29(35,36)37/h2,4-9,12-13,42H,3,10-11,14H2,1H3,(H,39,43)/t27-/m1/s1. The molecule has 2 N–H and O–H groups in total. The summed E-state index contributed by atoms with van der Waals surface area (Å²) >= 11 is 5.90. The maximum absolute atomic E-state index is 14.8. The molecule has 1 saturated heterocycles. The van der Waals surface area contributed by atoms with Crippen LogP contribution in [0.25, 0.3) is 11.1 Å². The second-order valence-corrected chi connectivity index (χ2v) is 10.8. The van der Waals surface area contributed by atoms with E-state index in [4.69, 9.17) is 11.6 Å². The zero-order valence-corrected chi connectivity index (χ0v) is 23.4. The van der Waals surface area contributed by atoms with Crippen LogP contribution >= 0.6 is 11.6 Å². The van der Waals surface area contributed by atoms with Gasteiger partial charge in [-0.15, -0.1) is 0 Å². The van der Waals surface area contributed by atoms with Crippen molar-refractivity contribution in [3.63, 3.8) is 0 Å². The molecule has 7 nitrogen and oxygen atoms in total. The molecule has 3 heterocycles. The van der Waals surface area contributed by atoms with Gasteiger partial charge in [0.05, 0.1) is 22.7 Å². The summed E-state index contributed by atoms with van der Waals surface area (Å²) < 4.78 is 94.6. The highest BCUT2D eigenvalue weighted by Crippen LogP contribution is 2.43. The van der Waals surface area contributed by atoms with E-state index in [2.05, 4.69) is 10.3 Å². The molecule has 5 rings (SSSR count). The van der Waals surface area contributed by atoms with Gasteiger partial charge >= 0.3 is 12.4 Å². The van der Waals surface area contributed by atoms with Gasteiger partial charge in [0.25, 0.3) is 11.8 Å². The fourth-order valence-corrected chi connectivity index (χ4v) is 5.55. The average molecular weight is 643 g/mol. The van der Waals surface area contributed by atoms with Gasteiger partial charge in [-0.2, -0.15) is 26.3 Å². The van der Waals surface area contributed by atoms with E-state index in [0.29, 0.717) is 37.2 Å². The molecule has 0 bridgehead atoms. The van der Waals surface area contributed by atoms with Crippen LogP contribution < -0.4 is 5.32 Å². The van der Waals surface area contributed by atoms with Crippen molar-refractivity contribution in [3.8, 4) is 11.1 Å². The number of aliphatic hydroxyl groups is 1. The summed E-state index contributed by atoms with van der Waals surface area (Å²) in [5.41, 5.74) is -5.24. The third-order valence-corrected chi connectivity index (χ3v) is 7.92. The summed E-state index contributed by atoms with van der Waals surface area (Å²) in [6.45, 7) is 1.51. The monoisotopic (exact) mass is 642 g/mol. The average Bonchev–Trinajstić information content (AvgIpc) is 3.35. The summed E-state index contributed by atoms with van der Waals surface area (Å²) in [7, 11) is 0. The van der Waals surface area contributed by atoms with Crippen molar-refractivity contribution in [1.29, 1.82) is 0 Å². The first-order chi connectivity index (χ1) is 20.5. The van der Waals surface area contributed by atoms with E-state index in [1.807, 2.05) is 0 Å². The van der Waals surface area contributed by atoms with Crippen molar-refractivity contribution in [2.24, 2.45) is 0 Å². The summed E-state index contributed by atoms with van der Waals surface area (Å²) in [4.78, 5) is 30.6. The number of hydrazine groups is 1. The first-order valence-electron chi connectivity index (χ1n) is 13.0. The Hall–Kier alpha value is -4.17. The molecule has 0 aliphatic carbocycles.